The average molecular weight is 345 g/mol. The molecule has 1 aromatic carbocycles. The van der Waals surface area contributed by atoms with E-state index in [0.29, 0.717) is 13.0 Å². The standard InChI is InChI=1S/C19H23NO3S/c1-14-8-10-16(11-9-14)13-20-19(22)15(2)23-18(21)7-3-5-17-6-4-12-24-17/h4,6,8-12,15H,3,5,7,13H2,1-2H3,(H,20,22)/t15-/m1/s1. The lowest BCUT2D eigenvalue weighted by Gasteiger charge is -2.13. The summed E-state index contributed by atoms with van der Waals surface area (Å²) in [5, 5.41) is 4.81. The molecule has 1 aromatic heterocycles. The summed E-state index contributed by atoms with van der Waals surface area (Å²) in [6.07, 6.45) is 1.15. The second-order valence-electron chi connectivity index (χ2n) is 5.77. The predicted molar refractivity (Wildman–Crippen MR) is 95.8 cm³/mol. The zero-order chi connectivity index (χ0) is 17.4. The minimum absolute atomic E-state index is 0.276. The van der Waals surface area contributed by atoms with Gasteiger partial charge in [-0.15, -0.1) is 11.3 Å². The Balaban J connectivity index is 1.66. The minimum Gasteiger partial charge on any atom is -0.453 e. The highest BCUT2D eigenvalue weighted by atomic mass is 32.1. The molecule has 2 rings (SSSR count). The molecule has 24 heavy (non-hydrogen) atoms. The molecule has 0 fully saturated rings. The SMILES string of the molecule is Cc1ccc(CNC(=O)[C@@H](C)OC(=O)CCCc2cccs2)cc1. The fourth-order valence-electron chi connectivity index (χ4n) is 2.21. The third-order valence-corrected chi connectivity index (χ3v) is 4.59. The molecule has 0 saturated carbocycles. The van der Waals surface area contributed by atoms with Crippen molar-refractivity contribution < 1.29 is 14.3 Å². The van der Waals surface area contributed by atoms with Gasteiger partial charge in [-0.3, -0.25) is 9.59 Å². The van der Waals surface area contributed by atoms with Crippen LogP contribution in [0.25, 0.3) is 0 Å². The molecule has 0 aliphatic heterocycles. The van der Waals surface area contributed by atoms with Gasteiger partial charge in [0.25, 0.3) is 5.91 Å². The lowest BCUT2D eigenvalue weighted by molar-refractivity contribution is -0.154. The average Bonchev–Trinajstić information content (AvgIpc) is 3.07. The number of hydrogen-bond acceptors (Lipinski definition) is 4. The highest BCUT2D eigenvalue weighted by Crippen LogP contribution is 2.12. The molecular formula is C19H23NO3S. The molecule has 1 atom stereocenters. The zero-order valence-corrected chi connectivity index (χ0v) is 14.9. The number of benzene rings is 1. The van der Waals surface area contributed by atoms with E-state index in [9.17, 15) is 9.59 Å². The van der Waals surface area contributed by atoms with Crippen molar-refractivity contribution in [1.29, 1.82) is 0 Å². The molecule has 0 radical (unpaired) electrons. The predicted octanol–water partition coefficient (Wildman–Crippen LogP) is 3.63. The Morgan fingerprint density at radius 3 is 2.62 bits per heavy atom. The molecule has 1 heterocycles. The second-order valence-corrected chi connectivity index (χ2v) is 6.80. The van der Waals surface area contributed by atoms with Crippen LogP contribution in [0.5, 0.6) is 0 Å². The second kappa shape index (κ2) is 9.23. The monoisotopic (exact) mass is 345 g/mol. The van der Waals surface area contributed by atoms with Crippen molar-refractivity contribution >= 4 is 23.2 Å². The van der Waals surface area contributed by atoms with Gasteiger partial charge in [-0.05, 0) is 43.7 Å². The maximum atomic E-state index is 12.0. The molecule has 0 spiro atoms. The third-order valence-electron chi connectivity index (χ3n) is 3.65. The van der Waals surface area contributed by atoms with Crippen LogP contribution >= 0.6 is 11.3 Å². The van der Waals surface area contributed by atoms with Crippen molar-refractivity contribution in [3.05, 3.63) is 57.8 Å². The number of thiophene rings is 1. The van der Waals surface area contributed by atoms with Gasteiger partial charge in [0.05, 0.1) is 0 Å². The van der Waals surface area contributed by atoms with Gasteiger partial charge in [-0.1, -0.05) is 35.9 Å². The van der Waals surface area contributed by atoms with Gasteiger partial charge in [0, 0.05) is 17.8 Å². The van der Waals surface area contributed by atoms with Crippen LogP contribution in [0.4, 0.5) is 0 Å². The summed E-state index contributed by atoms with van der Waals surface area (Å²) in [5.74, 6) is -0.605. The quantitative estimate of drug-likeness (QED) is 0.743. The highest BCUT2D eigenvalue weighted by molar-refractivity contribution is 7.09. The third kappa shape index (κ3) is 6.16. The molecule has 1 amide bonds. The summed E-state index contributed by atoms with van der Waals surface area (Å²) in [6, 6.07) is 12.0. The number of hydrogen-bond donors (Lipinski definition) is 1. The summed E-state index contributed by atoms with van der Waals surface area (Å²) in [7, 11) is 0. The number of amides is 1. The van der Waals surface area contributed by atoms with Crippen molar-refractivity contribution in [3.63, 3.8) is 0 Å². The molecule has 0 aliphatic carbocycles. The van der Waals surface area contributed by atoms with Crippen LogP contribution in [0.2, 0.25) is 0 Å². The van der Waals surface area contributed by atoms with E-state index < -0.39 is 6.10 Å². The number of nitrogens with one attached hydrogen (secondary N) is 1. The molecule has 4 nitrogen and oxygen atoms in total. The van der Waals surface area contributed by atoms with E-state index in [1.165, 1.54) is 10.4 Å². The molecule has 0 aliphatic rings. The lowest BCUT2D eigenvalue weighted by Crippen LogP contribution is -2.35. The summed E-state index contributed by atoms with van der Waals surface area (Å²) in [4.78, 5) is 25.0. The summed E-state index contributed by atoms with van der Waals surface area (Å²) >= 11 is 1.68. The van der Waals surface area contributed by atoms with Gasteiger partial charge < -0.3 is 10.1 Å². The fourth-order valence-corrected chi connectivity index (χ4v) is 2.96. The van der Waals surface area contributed by atoms with Crippen molar-refractivity contribution in [2.24, 2.45) is 0 Å². The van der Waals surface area contributed by atoms with Crippen LogP contribution in [0.3, 0.4) is 0 Å². The normalized spacial score (nSPS) is 11.8. The number of carbonyl (C=O) groups excluding carboxylic acids is 2. The Morgan fingerprint density at radius 1 is 1.21 bits per heavy atom. The number of carbonyl (C=O) groups is 2. The van der Waals surface area contributed by atoms with Gasteiger partial charge in [-0.25, -0.2) is 0 Å². The Labute approximate surface area is 146 Å². The van der Waals surface area contributed by atoms with Crippen LogP contribution in [-0.4, -0.2) is 18.0 Å². The number of rotatable bonds is 8. The summed E-state index contributed by atoms with van der Waals surface area (Å²) < 4.78 is 5.19. The topological polar surface area (TPSA) is 55.4 Å². The van der Waals surface area contributed by atoms with Crippen molar-refractivity contribution in [1.82, 2.24) is 5.32 Å². The summed E-state index contributed by atoms with van der Waals surface area (Å²) in [5.41, 5.74) is 2.19. The van der Waals surface area contributed by atoms with Crippen LogP contribution in [0.15, 0.2) is 41.8 Å². The minimum atomic E-state index is -0.773. The van der Waals surface area contributed by atoms with Crippen LogP contribution in [0, 0.1) is 6.92 Å². The molecule has 1 N–H and O–H groups in total. The van der Waals surface area contributed by atoms with E-state index in [-0.39, 0.29) is 11.9 Å². The van der Waals surface area contributed by atoms with E-state index in [4.69, 9.17) is 4.74 Å². The first-order valence-electron chi connectivity index (χ1n) is 8.09. The van der Waals surface area contributed by atoms with Crippen LogP contribution in [-0.2, 0) is 27.3 Å². The van der Waals surface area contributed by atoms with E-state index in [1.807, 2.05) is 42.6 Å². The smallest absolute Gasteiger partial charge is 0.306 e. The first-order chi connectivity index (χ1) is 11.5. The Morgan fingerprint density at radius 2 is 1.96 bits per heavy atom. The first kappa shape index (κ1) is 18.2. The van der Waals surface area contributed by atoms with Gasteiger partial charge in [-0.2, -0.15) is 0 Å². The Bertz CT molecular complexity index is 650. The van der Waals surface area contributed by atoms with Crippen molar-refractivity contribution in [2.75, 3.05) is 0 Å². The lowest BCUT2D eigenvalue weighted by atomic mass is 10.1. The fraction of sp³-hybridized carbons (Fsp3) is 0.368. The molecule has 0 saturated heterocycles. The maximum absolute atomic E-state index is 12.0. The van der Waals surface area contributed by atoms with Crippen LogP contribution in [0.1, 0.15) is 35.8 Å². The Hall–Kier alpha value is -2.14. The molecular weight excluding hydrogens is 322 g/mol. The van der Waals surface area contributed by atoms with Crippen molar-refractivity contribution in [3.8, 4) is 0 Å². The zero-order valence-electron chi connectivity index (χ0n) is 14.1. The van der Waals surface area contributed by atoms with Gasteiger partial charge in [0.2, 0.25) is 0 Å². The molecule has 5 heteroatoms. The van der Waals surface area contributed by atoms with E-state index in [0.717, 1.165) is 18.4 Å². The Kier molecular flexibility index (Phi) is 7.00. The molecule has 0 unspecified atom stereocenters. The molecule has 2 aromatic rings. The first-order valence-corrected chi connectivity index (χ1v) is 8.97. The summed E-state index contributed by atoms with van der Waals surface area (Å²) in [6.45, 7) is 4.05. The highest BCUT2D eigenvalue weighted by Gasteiger charge is 2.17. The van der Waals surface area contributed by atoms with Crippen molar-refractivity contribution in [2.45, 2.75) is 45.8 Å². The van der Waals surface area contributed by atoms with Gasteiger partial charge in [0.15, 0.2) is 6.10 Å². The van der Waals surface area contributed by atoms with Crippen LogP contribution < -0.4 is 5.32 Å². The number of ether oxygens (including phenoxy) is 1. The molecule has 128 valence electrons. The van der Waals surface area contributed by atoms with Gasteiger partial charge >= 0.3 is 5.97 Å². The maximum Gasteiger partial charge on any atom is 0.306 e. The molecule has 0 bridgehead atoms. The van der Waals surface area contributed by atoms with E-state index in [1.54, 1.807) is 18.3 Å². The number of esters is 1. The van der Waals surface area contributed by atoms with E-state index in [2.05, 4.69) is 11.4 Å². The van der Waals surface area contributed by atoms with E-state index >= 15 is 0 Å². The van der Waals surface area contributed by atoms with Gasteiger partial charge in [0.1, 0.15) is 0 Å². The number of aryl methyl sites for hydroxylation is 2. The largest absolute Gasteiger partial charge is 0.453 e.